The number of hydrogen-bond acceptors (Lipinski definition) is 4. The van der Waals surface area contributed by atoms with Crippen LogP contribution in [-0.4, -0.2) is 43.5 Å². The molecule has 27 heavy (non-hydrogen) atoms. The first-order valence-electron chi connectivity index (χ1n) is 8.94. The zero-order valence-electron chi connectivity index (χ0n) is 15.5. The van der Waals surface area contributed by atoms with Crippen molar-refractivity contribution in [2.24, 2.45) is 0 Å². The summed E-state index contributed by atoms with van der Waals surface area (Å²) in [5.74, 6) is -0.202. The largest absolute Gasteiger partial charge is 0.393 e. The highest BCUT2D eigenvalue weighted by Gasteiger charge is 2.25. The summed E-state index contributed by atoms with van der Waals surface area (Å²) in [6.45, 7) is 4.61. The second kappa shape index (κ2) is 7.70. The first-order valence-corrected chi connectivity index (χ1v) is 10.4. The third-order valence-electron chi connectivity index (χ3n) is 4.77. The number of nitrogens with zero attached hydrogens (tertiary/aromatic N) is 1. The van der Waals surface area contributed by atoms with E-state index in [2.05, 4.69) is 4.72 Å². The smallest absolute Gasteiger partial charge is 0.261 e. The maximum atomic E-state index is 12.8. The molecule has 1 fully saturated rings. The second-order valence-electron chi connectivity index (χ2n) is 6.98. The van der Waals surface area contributed by atoms with E-state index >= 15 is 0 Å². The molecule has 0 saturated carbocycles. The molecule has 1 saturated heterocycles. The van der Waals surface area contributed by atoms with Gasteiger partial charge in [0.15, 0.2) is 0 Å². The van der Waals surface area contributed by atoms with E-state index in [1.807, 2.05) is 13.0 Å². The maximum absolute atomic E-state index is 12.8. The van der Waals surface area contributed by atoms with Crippen LogP contribution in [0.4, 0.5) is 5.69 Å². The fourth-order valence-electron chi connectivity index (χ4n) is 3.16. The SMILES string of the molecule is Cc1cccc(NS(=O)(=O)c2ccc(C)c(C(=O)N3CCC(O)CC3)c2)c1. The number of carbonyl (C=O) groups is 1. The minimum absolute atomic E-state index is 0.0509. The van der Waals surface area contributed by atoms with E-state index in [9.17, 15) is 18.3 Å². The molecule has 2 aromatic carbocycles. The Morgan fingerprint density at radius 3 is 2.48 bits per heavy atom. The van der Waals surface area contributed by atoms with Crippen molar-refractivity contribution in [1.82, 2.24) is 4.90 Å². The number of anilines is 1. The van der Waals surface area contributed by atoms with E-state index < -0.39 is 10.0 Å². The van der Waals surface area contributed by atoms with Gasteiger partial charge >= 0.3 is 0 Å². The molecule has 0 aromatic heterocycles. The van der Waals surface area contributed by atoms with Gasteiger partial charge in [-0.3, -0.25) is 9.52 Å². The summed E-state index contributed by atoms with van der Waals surface area (Å²) in [5.41, 5.74) is 2.52. The van der Waals surface area contributed by atoms with Crippen molar-refractivity contribution in [1.29, 1.82) is 0 Å². The molecule has 1 aliphatic heterocycles. The molecular formula is C20H24N2O4S. The lowest BCUT2D eigenvalue weighted by atomic mass is 10.0. The number of sulfonamides is 1. The van der Waals surface area contributed by atoms with Crippen LogP contribution in [0.25, 0.3) is 0 Å². The van der Waals surface area contributed by atoms with Gasteiger partial charge in [0.05, 0.1) is 11.0 Å². The molecule has 0 bridgehead atoms. The molecule has 0 aliphatic carbocycles. The number of benzene rings is 2. The van der Waals surface area contributed by atoms with E-state index in [1.165, 1.54) is 12.1 Å². The Kier molecular flexibility index (Phi) is 5.53. The minimum atomic E-state index is -3.80. The fraction of sp³-hybridized carbons (Fsp3) is 0.350. The summed E-state index contributed by atoms with van der Waals surface area (Å²) in [7, 11) is -3.80. The number of piperidine rings is 1. The Hall–Kier alpha value is -2.38. The van der Waals surface area contributed by atoms with Gasteiger partial charge < -0.3 is 10.0 Å². The van der Waals surface area contributed by atoms with Crippen molar-refractivity contribution >= 4 is 21.6 Å². The van der Waals surface area contributed by atoms with Crippen LogP contribution >= 0.6 is 0 Å². The van der Waals surface area contributed by atoms with Crippen LogP contribution in [0.15, 0.2) is 47.4 Å². The van der Waals surface area contributed by atoms with E-state index in [0.717, 1.165) is 11.1 Å². The van der Waals surface area contributed by atoms with Crippen molar-refractivity contribution in [3.8, 4) is 0 Å². The Morgan fingerprint density at radius 1 is 1.11 bits per heavy atom. The molecule has 0 radical (unpaired) electrons. The third kappa shape index (κ3) is 4.48. The van der Waals surface area contributed by atoms with Crippen molar-refractivity contribution in [3.63, 3.8) is 0 Å². The molecule has 0 unspecified atom stereocenters. The highest BCUT2D eigenvalue weighted by atomic mass is 32.2. The lowest BCUT2D eigenvalue weighted by Crippen LogP contribution is -2.40. The minimum Gasteiger partial charge on any atom is -0.393 e. The lowest BCUT2D eigenvalue weighted by molar-refractivity contribution is 0.0545. The highest BCUT2D eigenvalue weighted by Crippen LogP contribution is 2.22. The Bertz CT molecular complexity index is 948. The number of aliphatic hydroxyl groups excluding tert-OH is 1. The Morgan fingerprint density at radius 2 is 1.81 bits per heavy atom. The van der Waals surface area contributed by atoms with Crippen molar-refractivity contribution in [2.75, 3.05) is 17.8 Å². The van der Waals surface area contributed by atoms with E-state index in [4.69, 9.17) is 0 Å². The van der Waals surface area contributed by atoms with Crippen molar-refractivity contribution in [2.45, 2.75) is 37.7 Å². The van der Waals surface area contributed by atoms with Crippen LogP contribution in [0.5, 0.6) is 0 Å². The average molecular weight is 388 g/mol. The van der Waals surface area contributed by atoms with Crippen LogP contribution in [0.2, 0.25) is 0 Å². The topological polar surface area (TPSA) is 86.7 Å². The number of rotatable bonds is 4. The Labute approximate surface area is 159 Å². The van der Waals surface area contributed by atoms with Gasteiger partial charge in [0.1, 0.15) is 0 Å². The molecule has 6 nitrogen and oxygen atoms in total. The summed E-state index contributed by atoms with van der Waals surface area (Å²) in [4.78, 5) is 14.6. The van der Waals surface area contributed by atoms with Gasteiger partial charge in [0, 0.05) is 24.3 Å². The predicted octanol–water partition coefficient (Wildman–Crippen LogP) is 2.70. The monoisotopic (exact) mass is 388 g/mol. The van der Waals surface area contributed by atoms with Crippen molar-refractivity contribution in [3.05, 3.63) is 59.2 Å². The van der Waals surface area contributed by atoms with Crippen LogP contribution in [-0.2, 0) is 10.0 Å². The summed E-state index contributed by atoms with van der Waals surface area (Å²) in [5, 5.41) is 9.62. The lowest BCUT2D eigenvalue weighted by Gasteiger charge is -2.30. The first-order chi connectivity index (χ1) is 12.8. The number of aryl methyl sites for hydroxylation is 2. The zero-order chi connectivity index (χ0) is 19.6. The van der Waals surface area contributed by atoms with Crippen LogP contribution in [0, 0.1) is 13.8 Å². The number of aliphatic hydroxyl groups is 1. The normalized spacial score (nSPS) is 15.6. The quantitative estimate of drug-likeness (QED) is 0.843. The number of hydrogen-bond donors (Lipinski definition) is 2. The molecule has 0 atom stereocenters. The Balaban J connectivity index is 1.87. The highest BCUT2D eigenvalue weighted by molar-refractivity contribution is 7.92. The van der Waals surface area contributed by atoms with Gasteiger partial charge in [-0.1, -0.05) is 18.2 Å². The van der Waals surface area contributed by atoms with E-state index in [1.54, 1.807) is 36.1 Å². The molecule has 1 aliphatic rings. The van der Waals surface area contributed by atoms with Crippen molar-refractivity contribution < 1.29 is 18.3 Å². The van der Waals surface area contributed by atoms with Gasteiger partial charge in [-0.25, -0.2) is 8.42 Å². The number of nitrogens with one attached hydrogen (secondary N) is 1. The predicted molar refractivity (Wildman–Crippen MR) is 104 cm³/mol. The summed E-state index contributed by atoms with van der Waals surface area (Å²) in [6.07, 6.45) is 0.704. The van der Waals surface area contributed by atoms with E-state index in [0.29, 0.717) is 37.2 Å². The van der Waals surface area contributed by atoms with Gasteiger partial charge in [0.25, 0.3) is 15.9 Å². The average Bonchev–Trinajstić information content (AvgIpc) is 2.61. The van der Waals surface area contributed by atoms with Gasteiger partial charge in [-0.15, -0.1) is 0 Å². The molecule has 2 aromatic rings. The number of likely N-dealkylation sites (tertiary alicyclic amines) is 1. The number of amides is 1. The first kappa shape index (κ1) is 19.4. The maximum Gasteiger partial charge on any atom is 0.261 e. The van der Waals surface area contributed by atoms with Crippen LogP contribution < -0.4 is 4.72 Å². The summed E-state index contributed by atoms with van der Waals surface area (Å²) in [6, 6.07) is 11.7. The molecule has 0 spiro atoms. The fourth-order valence-corrected chi connectivity index (χ4v) is 4.24. The molecule has 1 heterocycles. The van der Waals surface area contributed by atoms with E-state index in [-0.39, 0.29) is 16.9 Å². The molecular weight excluding hydrogens is 364 g/mol. The summed E-state index contributed by atoms with van der Waals surface area (Å²) >= 11 is 0. The van der Waals surface area contributed by atoms with Gasteiger partial charge in [-0.2, -0.15) is 0 Å². The molecule has 7 heteroatoms. The molecule has 1 amide bonds. The third-order valence-corrected chi connectivity index (χ3v) is 6.15. The van der Waals surface area contributed by atoms with Gasteiger partial charge in [0.2, 0.25) is 0 Å². The molecule has 3 rings (SSSR count). The van der Waals surface area contributed by atoms with Crippen LogP contribution in [0.1, 0.15) is 34.3 Å². The molecule has 144 valence electrons. The zero-order valence-corrected chi connectivity index (χ0v) is 16.3. The number of carbonyl (C=O) groups excluding carboxylic acids is 1. The van der Waals surface area contributed by atoms with Crippen LogP contribution in [0.3, 0.4) is 0 Å². The van der Waals surface area contributed by atoms with Gasteiger partial charge in [-0.05, 0) is 62.1 Å². The second-order valence-corrected chi connectivity index (χ2v) is 8.66. The molecule has 2 N–H and O–H groups in total. The standard InChI is InChI=1S/C20H24N2O4S/c1-14-4-3-5-16(12-14)21-27(25,26)18-7-6-15(2)19(13-18)20(24)22-10-8-17(23)9-11-22/h3-7,12-13,17,21,23H,8-11H2,1-2H3. The summed E-state index contributed by atoms with van der Waals surface area (Å²) < 4.78 is 28.1.